The molecule has 0 unspecified atom stereocenters. The Morgan fingerprint density at radius 2 is 2.07 bits per heavy atom. The fourth-order valence-electron chi connectivity index (χ4n) is 4.10. The van der Waals surface area contributed by atoms with Crippen LogP contribution in [0.5, 0.6) is 0 Å². The second-order valence-electron chi connectivity index (χ2n) is 7.57. The van der Waals surface area contributed by atoms with Crippen molar-refractivity contribution in [3.05, 3.63) is 41.4 Å². The van der Waals surface area contributed by atoms with Crippen LogP contribution >= 0.6 is 0 Å². The molecule has 1 aliphatic heterocycles. The van der Waals surface area contributed by atoms with E-state index >= 15 is 0 Å². The zero-order valence-corrected chi connectivity index (χ0v) is 15.7. The molecule has 8 heteroatoms. The van der Waals surface area contributed by atoms with E-state index in [-0.39, 0.29) is 23.4 Å². The third kappa shape index (κ3) is 3.52. The molecule has 1 saturated heterocycles. The zero-order valence-electron chi connectivity index (χ0n) is 15.7. The lowest BCUT2D eigenvalue weighted by Crippen LogP contribution is -2.34. The summed E-state index contributed by atoms with van der Waals surface area (Å²) in [5, 5.41) is 4.23. The van der Waals surface area contributed by atoms with Crippen molar-refractivity contribution < 1.29 is 18.0 Å². The van der Waals surface area contributed by atoms with E-state index in [0.717, 1.165) is 29.8 Å². The number of fused-ring (bicyclic) bond motifs is 1. The Labute approximate surface area is 161 Å². The average molecular weight is 392 g/mol. The number of allylic oxidation sites excluding steroid dienone is 2. The maximum absolute atomic E-state index is 13.4. The quantitative estimate of drug-likeness (QED) is 0.743. The van der Waals surface area contributed by atoms with E-state index in [1.807, 2.05) is 4.90 Å². The van der Waals surface area contributed by atoms with Crippen LogP contribution in [0.2, 0.25) is 0 Å². The Kier molecular flexibility index (Phi) is 4.89. The number of carbonyl (C=O) groups excluding carboxylic acids is 1. The maximum atomic E-state index is 13.4. The lowest BCUT2D eigenvalue weighted by atomic mass is 9.93. The van der Waals surface area contributed by atoms with Gasteiger partial charge in [-0.05, 0) is 38.2 Å². The number of carbonyl (C=O) groups is 1. The summed E-state index contributed by atoms with van der Waals surface area (Å²) in [6.07, 6.45) is 3.34. The van der Waals surface area contributed by atoms with Gasteiger partial charge in [0.2, 0.25) is 5.91 Å². The van der Waals surface area contributed by atoms with E-state index in [2.05, 4.69) is 22.2 Å². The molecule has 0 aromatic carbocycles. The second-order valence-corrected chi connectivity index (χ2v) is 7.57. The van der Waals surface area contributed by atoms with E-state index in [1.165, 1.54) is 0 Å². The number of alkyl halides is 3. The molecule has 4 rings (SSSR count). The third-order valence-electron chi connectivity index (χ3n) is 5.69. The Morgan fingerprint density at radius 1 is 1.25 bits per heavy atom. The monoisotopic (exact) mass is 392 g/mol. The van der Waals surface area contributed by atoms with Gasteiger partial charge in [0.1, 0.15) is 5.69 Å². The minimum absolute atomic E-state index is 0.0235. The van der Waals surface area contributed by atoms with Gasteiger partial charge in [0.15, 0.2) is 5.65 Å². The summed E-state index contributed by atoms with van der Waals surface area (Å²) in [6.45, 7) is 2.90. The summed E-state index contributed by atoms with van der Waals surface area (Å²) in [5.41, 5.74) is 0.370. The van der Waals surface area contributed by atoms with E-state index in [0.29, 0.717) is 37.3 Å². The number of rotatable bonds is 3. The smallest absolute Gasteiger partial charge is 0.342 e. The SMILES string of the molecule is CCc1cc(C(F)(F)F)n2nc([C@@H]3CCN(C(=O)[C@H]4CC=CCC4)C3)cc2n1. The van der Waals surface area contributed by atoms with Crippen LogP contribution < -0.4 is 0 Å². The van der Waals surface area contributed by atoms with Crippen molar-refractivity contribution in [3.8, 4) is 0 Å². The van der Waals surface area contributed by atoms with Crippen molar-refractivity contribution in [2.75, 3.05) is 13.1 Å². The van der Waals surface area contributed by atoms with Crippen molar-refractivity contribution >= 4 is 11.6 Å². The largest absolute Gasteiger partial charge is 0.433 e. The Hall–Kier alpha value is -2.38. The lowest BCUT2D eigenvalue weighted by molar-refractivity contribution is -0.142. The Balaban J connectivity index is 1.58. The lowest BCUT2D eigenvalue weighted by Gasteiger charge is -2.24. The first-order chi connectivity index (χ1) is 13.4. The molecule has 150 valence electrons. The van der Waals surface area contributed by atoms with Gasteiger partial charge in [-0.15, -0.1) is 0 Å². The van der Waals surface area contributed by atoms with E-state index in [4.69, 9.17) is 0 Å². The number of nitrogens with zero attached hydrogens (tertiary/aromatic N) is 4. The van der Waals surface area contributed by atoms with E-state index in [9.17, 15) is 18.0 Å². The summed E-state index contributed by atoms with van der Waals surface area (Å²) in [4.78, 5) is 18.9. The van der Waals surface area contributed by atoms with Crippen LogP contribution in [0, 0.1) is 5.92 Å². The van der Waals surface area contributed by atoms with Crippen molar-refractivity contribution in [1.29, 1.82) is 0 Å². The Bertz CT molecular complexity index is 918. The number of aryl methyl sites for hydroxylation is 1. The molecular weight excluding hydrogens is 369 g/mol. The van der Waals surface area contributed by atoms with Gasteiger partial charge in [-0.3, -0.25) is 4.79 Å². The number of hydrogen-bond donors (Lipinski definition) is 0. The van der Waals surface area contributed by atoms with Crippen LogP contribution in [0.1, 0.15) is 55.6 Å². The molecule has 1 fully saturated rings. The van der Waals surface area contributed by atoms with Crippen LogP contribution in [-0.4, -0.2) is 38.5 Å². The maximum Gasteiger partial charge on any atom is 0.433 e. The van der Waals surface area contributed by atoms with Crippen LogP contribution in [0.4, 0.5) is 13.2 Å². The summed E-state index contributed by atoms with van der Waals surface area (Å²) < 4.78 is 41.2. The normalized spacial score (nSPS) is 22.9. The molecule has 2 aromatic heterocycles. The van der Waals surface area contributed by atoms with Crippen LogP contribution in [-0.2, 0) is 17.4 Å². The first-order valence-corrected chi connectivity index (χ1v) is 9.77. The minimum atomic E-state index is -4.50. The highest BCUT2D eigenvalue weighted by Crippen LogP contribution is 2.33. The van der Waals surface area contributed by atoms with Gasteiger partial charge in [-0.25, -0.2) is 9.50 Å². The van der Waals surface area contributed by atoms with E-state index in [1.54, 1.807) is 13.0 Å². The van der Waals surface area contributed by atoms with Crippen molar-refractivity contribution in [2.24, 2.45) is 5.92 Å². The summed E-state index contributed by atoms with van der Waals surface area (Å²) in [7, 11) is 0. The fraction of sp³-hybridized carbons (Fsp3) is 0.550. The van der Waals surface area contributed by atoms with Crippen LogP contribution in [0.15, 0.2) is 24.3 Å². The molecule has 0 saturated carbocycles. The van der Waals surface area contributed by atoms with Crippen LogP contribution in [0.3, 0.4) is 0 Å². The van der Waals surface area contributed by atoms with Gasteiger partial charge < -0.3 is 4.90 Å². The molecule has 1 aliphatic carbocycles. The number of aromatic nitrogens is 3. The molecule has 1 amide bonds. The van der Waals surface area contributed by atoms with Crippen LogP contribution in [0.25, 0.3) is 5.65 Å². The zero-order chi connectivity index (χ0) is 19.9. The number of halogens is 3. The number of amides is 1. The highest BCUT2D eigenvalue weighted by Gasteiger charge is 2.37. The standard InChI is InChI=1S/C20H23F3N4O/c1-2-15-10-17(20(21,22)23)27-18(24-15)11-16(25-27)14-8-9-26(12-14)19(28)13-6-4-3-5-7-13/h3-4,10-11,13-14H,2,5-9,12H2,1H3/t13-,14+/m0/s1. The number of hydrogen-bond acceptors (Lipinski definition) is 3. The van der Waals surface area contributed by atoms with Gasteiger partial charge in [0.25, 0.3) is 0 Å². The highest BCUT2D eigenvalue weighted by atomic mass is 19.4. The highest BCUT2D eigenvalue weighted by molar-refractivity contribution is 5.79. The molecule has 2 atom stereocenters. The molecule has 0 radical (unpaired) electrons. The average Bonchev–Trinajstić information content (AvgIpc) is 3.33. The molecular formula is C20H23F3N4O. The predicted octanol–water partition coefficient (Wildman–Crippen LogP) is 3.98. The van der Waals surface area contributed by atoms with Gasteiger partial charge in [-0.1, -0.05) is 19.1 Å². The fourth-order valence-corrected chi connectivity index (χ4v) is 4.10. The van der Waals surface area contributed by atoms with Gasteiger partial charge in [0, 0.05) is 36.7 Å². The summed E-state index contributed by atoms with van der Waals surface area (Å²) in [6, 6.07) is 2.70. The molecule has 28 heavy (non-hydrogen) atoms. The van der Waals surface area contributed by atoms with Gasteiger partial charge in [-0.2, -0.15) is 18.3 Å². The molecule has 0 N–H and O–H groups in total. The first kappa shape index (κ1) is 19.0. The molecule has 0 bridgehead atoms. The summed E-state index contributed by atoms with van der Waals surface area (Å²) in [5.74, 6) is 0.115. The number of likely N-dealkylation sites (tertiary alicyclic amines) is 1. The van der Waals surface area contributed by atoms with Crippen molar-refractivity contribution in [3.63, 3.8) is 0 Å². The second kappa shape index (κ2) is 7.22. The van der Waals surface area contributed by atoms with Crippen molar-refractivity contribution in [2.45, 2.75) is 51.1 Å². The molecule has 2 aliphatic rings. The van der Waals surface area contributed by atoms with Gasteiger partial charge >= 0.3 is 6.18 Å². The molecule has 0 spiro atoms. The molecule has 5 nitrogen and oxygen atoms in total. The minimum Gasteiger partial charge on any atom is -0.342 e. The third-order valence-corrected chi connectivity index (χ3v) is 5.69. The summed E-state index contributed by atoms with van der Waals surface area (Å²) >= 11 is 0. The molecule has 3 heterocycles. The first-order valence-electron chi connectivity index (χ1n) is 9.77. The molecule has 2 aromatic rings. The topological polar surface area (TPSA) is 50.5 Å². The predicted molar refractivity (Wildman–Crippen MR) is 97.8 cm³/mol. The van der Waals surface area contributed by atoms with Gasteiger partial charge in [0.05, 0.1) is 5.69 Å². The van der Waals surface area contributed by atoms with E-state index < -0.39 is 11.9 Å². The van der Waals surface area contributed by atoms with Crippen molar-refractivity contribution in [1.82, 2.24) is 19.5 Å². The Morgan fingerprint density at radius 3 is 2.75 bits per heavy atom.